The van der Waals surface area contributed by atoms with Gasteiger partial charge in [0.25, 0.3) is 0 Å². The number of nitrogens with one attached hydrogen (secondary N) is 1. The number of aryl methyl sites for hydroxylation is 1. The van der Waals surface area contributed by atoms with E-state index in [0.29, 0.717) is 18.1 Å². The molecule has 0 unspecified atom stereocenters. The van der Waals surface area contributed by atoms with Crippen LogP contribution in [0.5, 0.6) is 0 Å². The van der Waals surface area contributed by atoms with E-state index < -0.39 is 10.4 Å². The molecular formula is C25H29Cl2N3O4. The molecule has 3 rings (SSSR count). The van der Waals surface area contributed by atoms with E-state index in [9.17, 15) is 9.59 Å². The highest BCUT2D eigenvalue weighted by molar-refractivity contribution is 6.48. The molecule has 9 heteroatoms. The predicted octanol–water partition coefficient (Wildman–Crippen LogP) is 6.22. The fourth-order valence-corrected chi connectivity index (χ4v) is 3.65. The van der Waals surface area contributed by atoms with Gasteiger partial charge >= 0.3 is 12.1 Å². The van der Waals surface area contributed by atoms with Crippen LogP contribution in [0, 0.1) is 0 Å². The van der Waals surface area contributed by atoms with Crippen LogP contribution in [0.3, 0.4) is 0 Å². The van der Waals surface area contributed by atoms with Crippen molar-refractivity contribution >= 4 is 51.9 Å². The van der Waals surface area contributed by atoms with Crippen LogP contribution in [0.4, 0.5) is 10.6 Å². The van der Waals surface area contributed by atoms with E-state index in [0.717, 1.165) is 41.3 Å². The quantitative estimate of drug-likeness (QED) is 0.261. The Hall–Kier alpha value is -2.77. The third kappa shape index (κ3) is 7.11. The molecule has 0 aliphatic carbocycles. The van der Waals surface area contributed by atoms with E-state index >= 15 is 0 Å². The number of carbonyl (C=O) groups excluding carboxylic acids is 2. The number of esters is 1. The standard InChI is InChI=1S/C25H29Cl2N3O4/c1-4-6-10-19-15-22(28-24(32)34-16-25(3,26)27)30(29-19)20-12-17-9-7-8-11-21(17)18(13-20)14-23(31)33-5-2/h7-9,11-13,15H,4-6,10,14,16H2,1-3H3,(H,28,32). The summed E-state index contributed by atoms with van der Waals surface area (Å²) in [5, 5.41) is 9.36. The molecule has 0 spiro atoms. The van der Waals surface area contributed by atoms with Crippen molar-refractivity contribution in [1.29, 1.82) is 0 Å². The van der Waals surface area contributed by atoms with Crippen LogP contribution in [-0.2, 0) is 27.1 Å². The number of anilines is 1. The van der Waals surface area contributed by atoms with Crippen molar-refractivity contribution in [3.05, 3.63) is 53.7 Å². The van der Waals surface area contributed by atoms with E-state index in [1.54, 1.807) is 11.6 Å². The minimum absolute atomic E-state index is 0.126. The van der Waals surface area contributed by atoms with Crippen LogP contribution in [-0.4, -0.2) is 39.4 Å². The Balaban J connectivity index is 2.01. The Morgan fingerprint density at radius 2 is 1.88 bits per heavy atom. The van der Waals surface area contributed by atoms with Crippen molar-refractivity contribution in [2.24, 2.45) is 0 Å². The van der Waals surface area contributed by atoms with E-state index in [-0.39, 0.29) is 19.0 Å². The van der Waals surface area contributed by atoms with Gasteiger partial charge in [0.2, 0.25) is 0 Å². The van der Waals surface area contributed by atoms with Crippen LogP contribution in [0.15, 0.2) is 42.5 Å². The van der Waals surface area contributed by atoms with Gasteiger partial charge in [-0.1, -0.05) is 60.8 Å². The summed E-state index contributed by atoms with van der Waals surface area (Å²) in [6.07, 6.45) is 2.17. The summed E-state index contributed by atoms with van der Waals surface area (Å²) >= 11 is 11.8. The second kappa shape index (κ2) is 11.6. The summed E-state index contributed by atoms with van der Waals surface area (Å²) in [5.41, 5.74) is 2.35. The molecule has 0 saturated heterocycles. The first-order valence-corrected chi connectivity index (χ1v) is 12.0. The van der Waals surface area contributed by atoms with Crippen LogP contribution < -0.4 is 5.32 Å². The molecule has 1 aromatic heterocycles. The third-order valence-corrected chi connectivity index (χ3v) is 5.27. The van der Waals surface area contributed by atoms with E-state index in [1.165, 1.54) is 6.92 Å². The largest absolute Gasteiger partial charge is 0.466 e. The highest BCUT2D eigenvalue weighted by Crippen LogP contribution is 2.27. The van der Waals surface area contributed by atoms with Crippen LogP contribution in [0.1, 0.15) is 44.9 Å². The third-order valence-electron chi connectivity index (χ3n) is 5.05. The molecule has 182 valence electrons. The number of alkyl halides is 2. The maximum Gasteiger partial charge on any atom is 0.412 e. The number of hydrogen-bond acceptors (Lipinski definition) is 5. The summed E-state index contributed by atoms with van der Waals surface area (Å²) in [6, 6.07) is 13.5. The lowest BCUT2D eigenvalue weighted by Crippen LogP contribution is -2.23. The maximum absolute atomic E-state index is 12.4. The Labute approximate surface area is 209 Å². The Kier molecular flexibility index (Phi) is 8.80. The van der Waals surface area contributed by atoms with Crippen molar-refractivity contribution < 1.29 is 19.1 Å². The lowest BCUT2D eigenvalue weighted by Gasteiger charge is -2.15. The number of nitrogens with zero attached hydrogens (tertiary/aromatic N) is 2. The van der Waals surface area contributed by atoms with Crippen molar-refractivity contribution in [2.45, 2.75) is 50.8 Å². The van der Waals surface area contributed by atoms with Gasteiger partial charge in [0.1, 0.15) is 16.8 Å². The molecule has 1 heterocycles. The summed E-state index contributed by atoms with van der Waals surface area (Å²) in [7, 11) is 0. The lowest BCUT2D eigenvalue weighted by atomic mass is 10.0. The number of hydrogen-bond donors (Lipinski definition) is 1. The average Bonchev–Trinajstić information content (AvgIpc) is 3.18. The highest BCUT2D eigenvalue weighted by Gasteiger charge is 2.21. The van der Waals surface area contributed by atoms with Gasteiger partial charge in [-0.15, -0.1) is 0 Å². The molecule has 0 fully saturated rings. The zero-order chi connectivity index (χ0) is 24.7. The zero-order valence-corrected chi connectivity index (χ0v) is 21.1. The van der Waals surface area contributed by atoms with E-state index in [4.69, 9.17) is 37.8 Å². The number of fused-ring (bicyclic) bond motifs is 1. The highest BCUT2D eigenvalue weighted by atomic mass is 35.5. The smallest absolute Gasteiger partial charge is 0.412 e. The molecule has 0 aliphatic heterocycles. The number of amides is 1. The second-order valence-corrected chi connectivity index (χ2v) is 9.98. The first kappa shape index (κ1) is 25.8. The number of ether oxygens (including phenoxy) is 2. The van der Waals surface area contributed by atoms with Crippen molar-refractivity contribution in [2.75, 3.05) is 18.5 Å². The van der Waals surface area contributed by atoms with Crippen molar-refractivity contribution in [3.63, 3.8) is 0 Å². The number of carbonyl (C=O) groups is 2. The number of unbranched alkanes of at least 4 members (excludes halogenated alkanes) is 1. The topological polar surface area (TPSA) is 82.5 Å². The van der Waals surface area contributed by atoms with E-state index in [2.05, 4.69) is 12.2 Å². The molecular weight excluding hydrogens is 477 g/mol. The van der Waals surface area contributed by atoms with Gasteiger partial charge in [0, 0.05) is 6.07 Å². The van der Waals surface area contributed by atoms with Gasteiger partial charge in [-0.2, -0.15) is 5.10 Å². The first-order chi connectivity index (χ1) is 16.2. The number of halogens is 2. The molecule has 3 aromatic rings. The normalized spacial score (nSPS) is 11.4. The zero-order valence-electron chi connectivity index (χ0n) is 19.6. The van der Waals surface area contributed by atoms with Crippen LogP contribution in [0.25, 0.3) is 16.5 Å². The Bertz CT molecular complexity index is 1150. The number of rotatable bonds is 10. The van der Waals surface area contributed by atoms with Crippen molar-refractivity contribution in [1.82, 2.24) is 9.78 Å². The van der Waals surface area contributed by atoms with Crippen LogP contribution >= 0.6 is 23.2 Å². The van der Waals surface area contributed by atoms with Gasteiger partial charge in [0.05, 0.1) is 24.4 Å². The van der Waals surface area contributed by atoms with Crippen molar-refractivity contribution in [3.8, 4) is 5.69 Å². The molecule has 2 aromatic carbocycles. The molecule has 1 amide bonds. The monoisotopic (exact) mass is 505 g/mol. The summed E-state index contributed by atoms with van der Waals surface area (Å²) in [4.78, 5) is 24.7. The number of benzene rings is 2. The molecule has 0 atom stereocenters. The summed E-state index contributed by atoms with van der Waals surface area (Å²) in [5.74, 6) is 0.139. The minimum atomic E-state index is -1.19. The molecule has 0 bridgehead atoms. The summed E-state index contributed by atoms with van der Waals surface area (Å²) in [6.45, 7) is 5.57. The fraction of sp³-hybridized carbons (Fsp3) is 0.400. The molecule has 0 saturated carbocycles. The van der Waals surface area contributed by atoms with Gasteiger partial charge in [-0.25, -0.2) is 9.48 Å². The first-order valence-electron chi connectivity index (χ1n) is 11.3. The molecule has 1 N–H and O–H groups in total. The Morgan fingerprint density at radius 3 is 2.59 bits per heavy atom. The average molecular weight is 506 g/mol. The SMILES string of the molecule is CCCCc1cc(NC(=O)OCC(C)(Cl)Cl)n(-c2cc(CC(=O)OCC)c3ccccc3c2)n1. The molecule has 0 radical (unpaired) electrons. The number of aromatic nitrogens is 2. The van der Waals surface area contributed by atoms with Gasteiger partial charge < -0.3 is 9.47 Å². The predicted molar refractivity (Wildman–Crippen MR) is 135 cm³/mol. The molecule has 34 heavy (non-hydrogen) atoms. The van der Waals surface area contributed by atoms with Gasteiger partial charge in [-0.05, 0) is 55.2 Å². The molecule has 7 nitrogen and oxygen atoms in total. The minimum Gasteiger partial charge on any atom is -0.466 e. The van der Waals surface area contributed by atoms with Gasteiger partial charge in [0.15, 0.2) is 0 Å². The fourth-order valence-electron chi connectivity index (χ4n) is 3.54. The maximum atomic E-state index is 12.4. The van der Waals surface area contributed by atoms with E-state index in [1.807, 2.05) is 42.5 Å². The lowest BCUT2D eigenvalue weighted by molar-refractivity contribution is -0.142. The summed E-state index contributed by atoms with van der Waals surface area (Å²) < 4.78 is 10.8. The van der Waals surface area contributed by atoms with Gasteiger partial charge in [-0.3, -0.25) is 10.1 Å². The Morgan fingerprint density at radius 1 is 1.12 bits per heavy atom. The second-order valence-electron chi connectivity index (χ2n) is 8.12. The van der Waals surface area contributed by atoms with Crippen LogP contribution in [0.2, 0.25) is 0 Å². The molecule has 0 aliphatic rings.